The van der Waals surface area contributed by atoms with Gasteiger partial charge in [-0.2, -0.15) is 4.31 Å². The lowest BCUT2D eigenvalue weighted by Gasteiger charge is -2.24. The summed E-state index contributed by atoms with van der Waals surface area (Å²) in [5, 5.41) is 6.65. The minimum absolute atomic E-state index is 0.151. The second-order valence-electron chi connectivity index (χ2n) is 7.90. The Balaban J connectivity index is 1.46. The lowest BCUT2D eigenvalue weighted by molar-refractivity contribution is -0.117. The minimum atomic E-state index is -3.73. The van der Waals surface area contributed by atoms with E-state index in [0.29, 0.717) is 23.5 Å². The number of carbonyl (C=O) groups is 2. The number of hydrogen-bond acceptors (Lipinski definition) is 5. The fourth-order valence-electron chi connectivity index (χ4n) is 3.85. The van der Waals surface area contributed by atoms with E-state index in [2.05, 4.69) is 17.2 Å². The predicted molar refractivity (Wildman–Crippen MR) is 131 cm³/mol. The van der Waals surface area contributed by atoms with Gasteiger partial charge in [0.05, 0.1) is 9.77 Å². The molecule has 172 valence electrons. The van der Waals surface area contributed by atoms with Gasteiger partial charge in [-0.25, -0.2) is 8.42 Å². The number of fused-ring (bicyclic) bond motifs is 1. The van der Waals surface area contributed by atoms with Crippen LogP contribution in [0.15, 0.2) is 72.1 Å². The first-order chi connectivity index (χ1) is 15.9. The van der Waals surface area contributed by atoms with E-state index in [0.717, 1.165) is 22.9 Å². The molecule has 33 heavy (non-hydrogen) atoms. The third-order valence-corrected chi connectivity index (χ3v) is 8.56. The topological polar surface area (TPSA) is 95.6 Å². The summed E-state index contributed by atoms with van der Waals surface area (Å²) in [6, 6.07) is 15.5. The van der Waals surface area contributed by atoms with Crippen molar-refractivity contribution in [3.8, 4) is 0 Å². The number of nitrogens with one attached hydrogen (secondary N) is 2. The van der Waals surface area contributed by atoms with Crippen LogP contribution in [0.4, 0.5) is 5.69 Å². The molecule has 2 N–H and O–H groups in total. The number of benzene rings is 2. The van der Waals surface area contributed by atoms with Gasteiger partial charge in [0, 0.05) is 29.5 Å². The fraction of sp³-hybridized carbons (Fsp3) is 0.250. The number of hydrogen-bond donors (Lipinski definition) is 2. The van der Waals surface area contributed by atoms with Gasteiger partial charge in [0.1, 0.15) is 0 Å². The highest BCUT2D eigenvalue weighted by molar-refractivity contribution is 7.89. The first-order valence-electron chi connectivity index (χ1n) is 10.7. The molecule has 0 radical (unpaired) electrons. The molecule has 4 rings (SSSR count). The summed E-state index contributed by atoms with van der Waals surface area (Å²) in [5.41, 5.74) is 0.517. The van der Waals surface area contributed by atoms with Crippen molar-refractivity contribution in [1.29, 1.82) is 0 Å². The molecule has 2 aromatic carbocycles. The number of thiophene rings is 1. The molecular formula is C24H25N3O4S2. The SMILES string of the molecule is C=CC(=O)NC1CCCCN(S(=O)(=O)c2ccc(NC(=O)c3cc4ccccc4s3)cc2)C1. The molecular weight excluding hydrogens is 458 g/mol. The quantitative estimate of drug-likeness (QED) is 0.518. The van der Waals surface area contributed by atoms with E-state index in [1.165, 1.54) is 33.9 Å². The maximum atomic E-state index is 13.2. The van der Waals surface area contributed by atoms with Crippen molar-refractivity contribution in [2.45, 2.75) is 30.2 Å². The van der Waals surface area contributed by atoms with Crippen LogP contribution in [0.3, 0.4) is 0 Å². The standard InChI is InChI=1S/C24H25N3O4S2/c1-2-23(28)25-19-8-5-6-14-27(16-19)33(30,31)20-12-10-18(11-13-20)26-24(29)22-15-17-7-3-4-9-21(17)32-22/h2-4,7,9-13,15,19H,1,5-6,8,14,16H2,(H,25,28)(H,26,29). The maximum absolute atomic E-state index is 13.2. The fourth-order valence-corrected chi connectivity index (χ4v) is 6.33. The molecule has 0 saturated carbocycles. The molecule has 9 heteroatoms. The van der Waals surface area contributed by atoms with Crippen LogP contribution in [-0.4, -0.2) is 43.7 Å². The first kappa shape index (κ1) is 23.2. The molecule has 1 fully saturated rings. The summed E-state index contributed by atoms with van der Waals surface area (Å²) in [5.74, 6) is -0.543. The Kier molecular flexibility index (Phi) is 6.92. The maximum Gasteiger partial charge on any atom is 0.265 e. The van der Waals surface area contributed by atoms with Gasteiger partial charge >= 0.3 is 0 Å². The predicted octanol–water partition coefficient (Wildman–Crippen LogP) is 4.00. The van der Waals surface area contributed by atoms with Crippen LogP contribution >= 0.6 is 11.3 Å². The van der Waals surface area contributed by atoms with Crippen molar-refractivity contribution in [3.63, 3.8) is 0 Å². The second-order valence-corrected chi connectivity index (χ2v) is 10.9. The van der Waals surface area contributed by atoms with Crippen LogP contribution < -0.4 is 10.6 Å². The summed E-state index contributed by atoms with van der Waals surface area (Å²) >= 11 is 1.41. The van der Waals surface area contributed by atoms with Crippen LogP contribution in [0.2, 0.25) is 0 Å². The second kappa shape index (κ2) is 9.86. The van der Waals surface area contributed by atoms with E-state index in [4.69, 9.17) is 0 Å². The number of nitrogens with zero attached hydrogens (tertiary/aromatic N) is 1. The van der Waals surface area contributed by atoms with E-state index >= 15 is 0 Å². The van der Waals surface area contributed by atoms with Gasteiger partial charge < -0.3 is 10.6 Å². The van der Waals surface area contributed by atoms with E-state index in [1.807, 2.05) is 30.3 Å². The van der Waals surface area contributed by atoms with Crippen molar-refractivity contribution >= 4 is 48.9 Å². The van der Waals surface area contributed by atoms with Gasteiger partial charge in [0.25, 0.3) is 5.91 Å². The average molecular weight is 484 g/mol. The van der Waals surface area contributed by atoms with E-state index < -0.39 is 10.0 Å². The molecule has 2 amide bonds. The number of anilines is 1. The molecule has 1 aromatic heterocycles. The van der Waals surface area contributed by atoms with Crippen molar-refractivity contribution in [2.24, 2.45) is 0 Å². The van der Waals surface area contributed by atoms with Crippen LogP contribution in [0, 0.1) is 0 Å². The molecule has 1 aliphatic heterocycles. The number of rotatable bonds is 6. The molecule has 1 unspecified atom stereocenters. The van der Waals surface area contributed by atoms with Crippen molar-refractivity contribution in [1.82, 2.24) is 9.62 Å². The summed E-state index contributed by atoms with van der Waals surface area (Å²) in [6.07, 6.45) is 3.46. The smallest absolute Gasteiger partial charge is 0.265 e. The molecule has 0 spiro atoms. The monoisotopic (exact) mass is 483 g/mol. The molecule has 3 aromatic rings. The average Bonchev–Trinajstić information content (AvgIpc) is 3.11. The summed E-state index contributed by atoms with van der Waals surface area (Å²) in [4.78, 5) is 25.0. The zero-order valence-electron chi connectivity index (χ0n) is 18.0. The Morgan fingerprint density at radius 3 is 2.58 bits per heavy atom. The Morgan fingerprint density at radius 2 is 1.85 bits per heavy atom. The van der Waals surface area contributed by atoms with Crippen LogP contribution in [0.1, 0.15) is 28.9 Å². The molecule has 1 aliphatic rings. The molecule has 0 bridgehead atoms. The van der Waals surface area contributed by atoms with E-state index in [1.54, 1.807) is 12.1 Å². The zero-order valence-corrected chi connectivity index (χ0v) is 19.6. The highest BCUT2D eigenvalue weighted by Crippen LogP contribution is 2.27. The van der Waals surface area contributed by atoms with E-state index in [-0.39, 0.29) is 29.3 Å². The van der Waals surface area contributed by atoms with Crippen LogP contribution in [0.5, 0.6) is 0 Å². The normalized spacial score (nSPS) is 17.3. The Labute approximate surface area is 197 Å². The Bertz CT molecular complexity index is 1250. The molecule has 1 saturated heterocycles. The minimum Gasteiger partial charge on any atom is -0.349 e. The third-order valence-electron chi connectivity index (χ3n) is 5.57. The lowest BCUT2D eigenvalue weighted by Crippen LogP contribution is -2.44. The van der Waals surface area contributed by atoms with Gasteiger partial charge in [-0.3, -0.25) is 9.59 Å². The molecule has 1 atom stereocenters. The zero-order chi connectivity index (χ0) is 23.4. The van der Waals surface area contributed by atoms with Gasteiger partial charge in [-0.05, 0) is 60.7 Å². The van der Waals surface area contributed by atoms with Crippen molar-refractivity contribution in [3.05, 3.63) is 72.1 Å². The van der Waals surface area contributed by atoms with Crippen LogP contribution in [-0.2, 0) is 14.8 Å². The first-order valence-corrected chi connectivity index (χ1v) is 13.0. The summed E-state index contributed by atoms with van der Waals surface area (Å²) in [6.45, 7) is 4.06. The largest absolute Gasteiger partial charge is 0.349 e. The van der Waals surface area contributed by atoms with Gasteiger partial charge in [0.15, 0.2) is 0 Å². The lowest BCUT2D eigenvalue weighted by atomic mass is 10.1. The van der Waals surface area contributed by atoms with E-state index in [9.17, 15) is 18.0 Å². The van der Waals surface area contributed by atoms with Gasteiger partial charge in [-0.15, -0.1) is 11.3 Å². The highest BCUT2D eigenvalue weighted by atomic mass is 32.2. The Hall–Kier alpha value is -3.01. The number of amides is 2. The highest BCUT2D eigenvalue weighted by Gasteiger charge is 2.29. The summed E-state index contributed by atoms with van der Waals surface area (Å²) in [7, 11) is -3.73. The van der Waals surface area contributed by atoms with Gasteiger partial charge in [-0.1, -0.05) is 31.2 Å². The third kappa shape index (κ3) is 5.32. The van der Waals surface area contributed by atoms with Crippen molar-refractivity contribution in [2.75, 3.05) is 18.4 Å². The molecule has 7 nitrogen and oxygen atoms in total. The molecule has 2 heterocycles. The molecule has 0 aliphatic carbocycles. The van der Waals surface area contributed by atoms with Gasteiger partial charge in [0.2, 0.25) is 15.9 Å². The number of carbonyl (C=O) groups excluding carboxylic acids is 2. The number of sulfonamides is 1. The summed E-state index contributed by atoms with van der Waals surface area (Å²) < 4.78 is 28.9. The van der Waals surface area contributed by atoms with Crippen molar-refractivity contribution < 1.29 is 18.0 Å². The Morgan fingerprint density at radius 1 is 1.09 bits per heavy atom. The van der Waals surface area contributed by atoms with Crippen LogP contribution in [0.25, 0.3) is 10.1 Å².